The van der Waals surface area contributed by atoms with Gasteiger partial charge in [0, 0.05) is 13.6 Å². The van der Waals surface area contributed by atoms with E-state index in [9.17, 15) is 14.4 Å². The molecule has 2 aromatic rings. The third-order valence-electron chi connectivity index (χ3n) is 5.12. The minimum atomic E-state index is -0.599. The standard InChI is InChI=1S/C21H31N5O3/c1-6-7-10-26-19(22)18(20(28)24-21(26)29)25(5)12-17(27)23-15(4)16-9-8-13(2)14(3)11-16/h8-9,11,15H,6-7,10,12,22H2,1-5H3,(H,23,27)(H,24,28,29). The van der Waals surface area contributed by atoms with Crippen LogP contribution < -0.4 is 27.2 Å². The minimum Gasteiger partial charge on any atom is -0.383 e. The zero-order valence-electron chi connectivity index (χ0n) is 17.8. The Morgan fingerprint density at radius 2 is 1.97 bits per heavy atom. The minimum absolute atomic E-state index is 0.0611. The second-order valence-electron chi connectivity index (χ2n) is 7.49. The molecule has 8 nitrogen and oxygen atoms in total. The summed E-state index contributed by atoms with van der Waals surface area (Å²) in [6, 6.07) is 5.89. The number of likely N-dealkylation sites (N-methyl/N-ethyl adjacent to an activating group) is 1. The van der Waals surface area contributed by atoms with E-state index in [1.807, 2.05) is 39.8 Å². The molecule has 2 rings (SSSR count). The molecule has 0 spiro atoms. The Bertz CT molecular complexity index is 993. The van der Waals surface area contributed by atoms with Crippen LogP contribution in [-0.2, 0) is 11.3 Å². The Hall–Kier alpha value is -3.03. The third-order valence-corrected chi connectivity index (χ3v) is 5.12. The van der Waals surface area contributed by atoms with Gasteiger partial charge in [-0.1, -0.05) is 31.5 Å². The molecule has 1 aromatic carbocycles. The Balaban J connectivity index is 2.15. The Morgan fingerprint density at radius 1 is 1.28 bits per heavy atom. The number of hydrogen-bond acceptors (Lipinski definition) is 5. The van der Waals surface area contributed by atoms with E-state index in [-0.39, 0.29) is 30.0 Å². The molecule has 0 aliphatic rings. The van der Waals surface area contributed by atoms with Crippen molar-refractivity contribution < 1.29 is 4.79 Å². The van der Waals surface area contributed by atoms with Crippen molar-refractivity contribution in [1.29, 1.82) is 0 Å². The fourth-order valence-electron chi connectivity index (χ4n) is 3.18. The van der Waals surface area contributed by atoms with Crippen LogP contribution >= 0.6 is 0 Å². The first kappa shape index (κ1) is 22.3. The maximum absolute atomic E-state index is 12.5. The first-order chi connectivity index (χ1) is 13.6. The third kappa shape index (κ3) is 5.28. The monoisotopic (exact) mass is 401 g/mol. The van der Waals surface area contributed by atoms with Gasteiger partial charge in [0.2, 0.25) is 5.91 Å². The summed E-state index contributed by atoms with van der Waals surface area (Å²) in [6.45, 7) is 8.33. The van der Waals surface area contributed by atoms with Gasteiger partial charge in [-0.05, 0) is 43.9 Å². The van der Waals surface area contributed by atoms with Crippen LogP contribution in [0.5, 0.6) is 0 Å². The average molecular weight is 402 g/mol. The van der Waals surface area contributed by atoms with Crippen molar-refractivity contribution >= 4 is 17.4 Å². The smallest absolute Gasteiger partial charge is 0.330 e. The quantitative estimate of drug-likeness (QED) is 0.625. The molecule has 158 valence electrons. The van der Waals surface area contributed by atoms with E-state index in [4.69, 9.17) is 5.73 Å². The molecular formula is C21H31N5O3. The number of aromatic nitrogens is 2. The second kappa shape index (κ2) is 9.45. The lowest BCUT2D eigenvalue weighted by Crippen LogP contribution is -2.41. The van der Waals surface area contributed by atoms with Crippen molar-refractivity contribution in [2.75, 3.05) is 24.2 Å². The number of nitrogens with zero attached hydrogens (tertiary/aromatic N) is 2. The number of benzene rings is 1. The highest BCUT2D eigenvalue weighted by Gasteiger charge is 2.19. The zero-order valence-corrected chi connectivity index (χ0v) is 17.8. The number of hydrogen-bond donors (Lipinski definition) is 3. The van der Waals surface area contributed by atoms with Gasteiger partial charge in [0.15, 0.2) is 0 Å². The molecule has 0 radical (unpaired) electrons. The van der Waals surface area contributed by atoms with Crippen LogP contribution in [0.4, 0.5) is 11.5 Å². The summed E-state index contributed by atoms with van der Waals surface area (Å²) in [5.74, 6) is -0.173. The number of aryl methyl sites for hydroxylation is 2. The number of amides is 1. The van der Waals surface area contributed by atoms with E-state index in [1.165, 1.54) is 15.0 Å². The van der Waals surface area contributed by atoms with Crippen molar-refractivity contribution in [1.82, 2.24) is 14.9 Å². The SMILES string of the molecule is CCCCn1c(N)c(N(C)CC(=O)NC(C)c2ccc(C)c(C)c2)c(=O)[nH]c1=O. The van der Waals surface area contributed by atoms with Crippen LogP contribution in [0.2, 0.25) is 0 Å². The van der Waals surface area contributed by atoms with E-state index in [0.717, 1.165) is 24.0 Å². The average Bonchev–Trinajstić information content (AvgIpc) is 2.63. The number of nitrogens with two attached hydrogens (primary N) is 1. The molecule has 1 amide bonds. The predicted octanol–water partition coefficient (Wildman–Crippen LogP) is 1.85. The van der Waals surface area contributed by atoms with E-state index in [2.05, 4.69) is 16.4 Å². The van der Waals surface area contributed by atoms with Crippen LogP contribution in [0.15, 0.2) is 27.8 Å². The highest BCUT2D eigenvalue weighted by Crippen LogP contribution is 2.18. The molecule has 0 bridgehead atoms. The summed E-state index contributed by atoms with van der Waals surface area (Å²) in [5, 5.41) is 2.94. The highest BCUT2D eigenvalue weighted by molar-refractivity contribution is 5.82. The maximum Gasteiger partial charge on any atom is 0.330 e. The number of aromatic amines is 1. The highest BCUT2D eigenvalue weighted by atomic mass is 16.2. The predicted molar refractivity (Wildman–Crippen MR) is 116 cm³/mol. The molecule has 1 aromatic heterocycles. The number of H-pyrrole nitrogens is 1. The topological polar surface area (TPSA) is 113 Å². The lowest BCUT2D eigenvalue weighted by molar-refractivity contribution is -0.120. The molecule has 0 aliphatic heterocycles. The molecular weight excluding hydrogens is 370 g/mol. The van der Waals surface area contributed by atoms with Crippen LogP contribution in [0.3, 0.4) is 0 Å². The van der Waals surface area contributed by atoms with E-state index < -0.39 is 11.2 Å². The molecule has 1 unspecified atom stereocenters. The zero-order chi connectivity index (χ0) is 21.7. The van der Waals surface area contributed by atoms with Gasteiger partial charge in [-0.2, -0.15) is 0 Å². The van der Waals surface area contributed by atoms with E-state index in [1.54, 1.807) is 7.05 Å². The summed E-state index contributed by atoms with van der Waals surface area (Å²) < 4.78 is 1.34. The lowest BCUT2D eigenvalue weighted by atomic mass is 10.0. The summed E-state index contributed by atoms with van der Waals surface area (Å²) in [5.41, 5.74) is 8.44. The Labute approximate surface area is 170 Å². The van der Waals surface area contributed by atoms with Crippen LogP contribution in [0.1, 0.15) is 49.4 Å². The second-order valence-corrected chi connectivity index (χ2v) is 7.49. The maximum atomic E-state index is 12.5. The van der Waals surface area contributed by atoms with Gasteiger partial charge in [-0.25, -0.2) is 4.79 Å². The van der Waals surface area contributed by atoms with Gasteiger partial charge in [-0.15, -0.1) is 0 Å². The summed E-state index contributed by atoms with van der Waals surface area (Å²) in [4.78, 5) is 40.6. The number of nitrogen functional groups attached to an aromatic ring is 1. The van der Waals surface area contributed by atoms with Gasteiger partial charge in [0.05, 0.1) is 12.6 Å². The summed E-state index contributed by atoms with van der Waals surface area (Å²) in [6.07, 6.45) is 1.64. The summed E-state index contributed by atoms with van der Waals surface area (Å²) >= 11 is 0. The molecule has 0 saturated heterocycles. The summed E-state index contributed by atoms with van der Waals surface area (Å²) in [7, 11) is 1.61. The molecule has 8 heteroatoms. The number of carbonyl (C=O) groups excluding carboxylic acids is 1. The number of nitrogens with one attached hydrogen (secondary N) is 2. The van der Waals surface area contributed by atoms with Crippen molar-refractivity contribution in [3.8, 4) is 0 Å². The van der Waals surface area contributed by atoms with E-state index in [0.29, 0.717) is 6.54 Å². The van der Waals surface area contributed by atoms with Crippen LogP contribution in [0, 0.1) is 13.8 Å². The fourth-order valence-corrected chi connectivity index (χ4v) is 3.18. The fraction of sp³-hybridized carbons (Fsp3) is 0.476. The largest absolute Gasteiger partial charge is 0.383 e. The van der Waals surface area contributed by atoms with Crippen molar-refractivity contribution in [2.24, 2.45) is 0 Å². The number of anilines is 2. The Morgan fingerprint density at radius 3 is 2.59 bits per heavy atom. The first-order valence-electron chi connectivity index (χ1n) is 9.85. The van der Waals surface area contributed by atoms with Crippen molar-refractivity contribution in [3.63, 3.8) is 0 Å². The molecule has 1 atom stereocenters. The van der Waals surface area contributed by atoms with Gasteiger partial charge >= 0.3 is 5.69 Å². The molecule has 0 saturated carbocycles. The van der Waals surface area contributed by atoms with Crippen LogP contribution in [0.25, 0.3) is 0 Å². The molecule has 0 fully saturated rings. The molecule has 4 N–H and O–H groups in total. The number of carbonyl (C=O) groups is 1. The lowest BCUT2D eigenvalue weighted by Gasteiger charge is -2.23. The number of rotatable bonds is 8. The number of unbranched alkanes of at least 4 members (excludes halogenated alkanes) is 1. The van der Waals surface area contributed by atoms with Crippen molar-refractivity contribution in [2.45, 2.75) is 53.1 Å². The van der Waals surface area contributed by atoms with E-state index >= 15 is 0 Å². The van der Waals surface area contributed by atoms with Gasteiger partial charge in [0.25, 0.3) is 5.56 Å². The molecule has 29 heavy (non-hydrogen) atoms. The molecule has 0 aliphatic carbocycles. The van der Waals surface area contributed by atoms with Crippen LogP contribution in [-0.4, -0.2) is 29.1 Å². The van der Waals surface area contributed by atoms with Gasteiger partial charge in [0.1, 0.15) is 11.5 Å². The van der Waals surface area contributed by atoms with Gasteiger partial charge < -0.3 is 16.0 Å². The Kier molecular flexibility index (Phi) is 7.25. The normalized spacial score (nSPS) is 11.9. The molecule has 1 heterocycles. The first-order valence-corrected chi connectivity index (χ1v) is 9.85. The van der Waals surface area contributed by atoms with Crippen molar-refractivity contribution in [3.05, 3.63) is 55.7 Å². The van der Waals surface area contributed by atoms with Gasteiger partial charge in [-0.3, -0.25) is 19.1 Å².